The Labute approximate surface area is 95.0 Å². The fourth-order valence-electron chi connectivity index (χ4n) is 1.96. The van der Waals surface area contributed by atoms with E-state index in [1.165, 1.54) is 51.6 Å². The van der Waals surface area contributed by atoms with Crippen molar-refractivity contribution in [2.45, 2.75) is 58.4 Å². The standard InChI is InChI=1S/C13H27NO/c1-3-5-6-11-15-12-7-10-14(4-2)13-8-9-13/h13H,3-12H2,1-2H3. The van der Waals surface area contributed by atoms with Crippen LogP contribution in [0.1, 0.15) is 52.4 Å². The summed E-state index contributed by atoms with van der Waals surface area (Å²) in [5.41, 5.74) is 0. The lowest BCUT2D eigenvalue weighted by atomic mass is 10.3. The Hall–Kier alpha value is -0.0800. The minimum absolute atomic E-state index is 0.912. The summed E-state index contributed by atoms with van der Waals surface area (Å²) in [4.78, 5) is 2.59. The van der Waals surface area contributed by atoms with Gasteiger partial charge >= 0.3 is 0 Å². The molecule has 0 bridgehead atoms. The first-order chi connectivity index (χ1) is 7.38. The van der Waals surface area contributed by atoms with Crippen molar-refractivity contribution in [1.29, 1.82) is 0 Å². The molecule has 0 heterocycles. The molecule has 0 N–H and O–H groups in total. The fourth-order valence-corrected chi connectivity index (χ4v) is 1.96. The maximum atomic E-state index is 5.60. The summed E-state index contributed by atoms with van der Waals surface area (Å²) < 4.78 is 5.60. The molecular formula is C13H27NO. The predicted octanol–water partition coefficient (Wildman–Crippen LogP) is 3.07. The highest BCUT2D eigenvalue weighted by molar-refractivity contribution is 4.83. The van der Waals surface area contributed by atoms with Gasteiger partial charge in [-0.3, -0.25) is 0 Å². The van der Waals surface area contributed by atoms with E-state index in [-0.39, 0.29) is 0 Å². The molecular weight excluding hydrogens is 186 g/mol. The van der Waals surface area contributed by atoms with Gasteiger partial charge < -0.3 is 9.64 Å². The van der Waals surface area contributed by atoms with Gasteiger partial charge in [0.05, 0.1) is 0 Å². The number of ether oxygens (including phenoxy) is 1. The van der Waals surface area contributed by atoms with Crippen molar-refractivity contribution < 1.29 is 4.74 Å². The quantitative estimate of drug-likeness (QED) is 0.517. The summed E-state index contributed by atoms with van der Waals surface area (Å²) in [6.07, 6.45) is 7.88. The van der Waals surface area contributed by atoms with E-state index in [0.717, 1.165) is 19.3 Å². The van der Waals surface area contributed by atoms with Gasteiger partial charge in [0, 0.05) is 25.8 Å². The zero-order valence-corrected chi connectivity index (χ0v) is 10.5. The molecule has 1 saturated carbocycles. The highest BCUT2D eigenvalue weighted by atomic mass is 16.5. The van der Waals surface area contributed by atoms with E-state index in [9.17, 15) is 0 Å². The maximum absolute atomic E-state index is 5.60. The fraction of sp³-hybridized carbons (Fsp3) is 1.00. The van der Waals surface area contributed by atoms with E-state index < -0.39 is 0 Å². The molecule has 0 amide bonds. The summed E-state index contributed by atoms with van der Waals surface area (Å²) >= 11 is 0. The van der Waals surface area contributed by atoms with Crippen molar-refractivity contribution in [2.24, 2.45) is 0 Å². The third-order valence-corrected chi connectivity index (χ3v) is 3.10. The Balaban J connectivity index is 1.83. The summed E-state index contributed by atoms with van der Waals surface area (Å²) in [5, 5.41) is 0. The molecule has 0 aromatic rings. The molecule has 90 valence electrons. The first-order valence-electron chi connectivity index (χ1n) is 6.70. The molecule has 1 fully saturated rings. The van der Waals surface area contributed by atoms with Crippen molar-refractivity contribution >= 4 is 0 Å². The molecule has 2 nitrogen and oxygen atoms in total. The van der Waals surface area contributed by atoms with E-state index >= 15 is 0 Å². The average Bonchev–Trinajstić information content (AvgIpc) is 3.06. The average molecular weight is 213 g/mol. The zero-order chi connectivity index (χ0) is 10.9. The van der Waals surface area contributed by atoms with Gasteiger partial charge in [-0.25, -0.2) is 0 Å². The molecule has 1 aliphatic rings. The molecule has 0 spiro atoms. The van der Waals surface area contributed by atoms with E-state index in [2.05, 4.69) is 18.7 Å². The predicted molar refractivity (Wildman–Crippen MR) is 65.2 cm³/mol. The monoisotopic (exact) mass is 213 g/mol. The Morgan fingerprint density at radius 1 is 1.07 bits per heavy atom. The SMILES string of the molecule is CCCCCOCCCN(CC)C1CC1. The minimum Gasteiger partial charge on any atom is -0.381 e. The summed E-state index contributed by atoms with van der Waals surface area (Å²) in [6.45, 7) is 8.85. The smallest absolute Gasteiger partial charge is 0.0478 e. The van der Waals surface area contributed by atoms with E-state index in [1.54, 1.807) is 0 Å². The van der Waals surface area contributed by atoms with Crippen LogP contribution >= 0.6 is 0 Å². The maximum Gasteiger partial charge on any atom is 0.0478 e. The van der Waals surface area contributed by atoms with Crippen molar-refractivity contribution in [1.82, 2.24) is 4.90 Å². The third kappa shape index (κ3) is 6.16. The normalized spacial score (nSPS) is 16.2. The lowest BCUT2D eigenvalue weighted by molar-refractivity contribution is 0.117. The largest absolute Gasteiger partial charge is 0.381 e. The van der Waals surface area contributed by atoms with Gasteiger partial charge in [-0.05, 0) is 32.2 Å². The second kappa shape index (κ2) is 8.12. The molecule has 15 heavy (non-hydrogen) atoms. The Morgan fingerprint density at radius 2 is 1.80 bits per heavy atom. The summed E-state index contributed by atoms with van der Waals surface area (Å²) in [5.74, 6) is 0. The van der Waals surface area contributed by atoms with E-state index in [1.807, 2.05) is 0 Å². The summed E-state index contributed by atoms with van der Waals surface area (Å²) in [6, 6.07) is 0.912. The minimum atomic E-state index is 0.912. The van der Waals surface area contributed by atoms with Crippen LogP contribution in [0.15, 0.2) is 0 Å². The first kappa shape index (κ1) is 13.0. The molecule has 0 radical (unpaired) electrons. The molecule has 0 aromatic carbocycles. The van der Waals surface area contributed by atoms with E-state index in [0.29, 0.717) is 0 Å². The number of rotatable bonds is 10. The van der Waals surface area contributed by atoms with Gasteiger partial charge in [0.15, 0.2) is 0 Å². The molecule has 0 atom stereocenters. The lowest BCUT2D eigenvalue weighted by Crippen LogP contribution is -2.27. The van der Waals surface area contributed by atoms with Gasteiger partial charge in [-0.15, -0.1) is 0 Å². The second-order valence-electron chi connectivity index (χ2n) is 4.53. The van der Waals surface area contributed by atoms with Crippen LogP contribution < -0.4 is 0 Å². The van der Waals surface area contributed by atoms with Crippen molar-refractivity contribution in [2.75, 3.05) is 26.3 Å². The zero-order valence-electron chi connectivity index (χ0n) is 10.5. The first-order valence-corrected chi connectivity index (χ1v) is 6.70. The van der Waals surface area contributed by atoms with Gasteiger partial charge in [0.1, 0.15) is 0 Å². The molecule has 0 unspecified atom stereocenters. The molecule has 1 rings (SSSR count). The van der Waals surface area contributed by atoms with Crippen LogP contribution in [0.2, 0.25) is 0 Å². The van der Waals surface area contributed by atoms with Gasteiger partial charge in [0.2, 0.25) is 0 Å². The summed E-state index contributed by atoms with van der Waals surface area (Å²) in [7, 11) is 0. The second-order valence-corrected chi connectivity index (χ2v) is 4.53. The molecule has 0 saturated heterocycles. The van der Waals surface area contributed by atoms with Crippen LogP contribution in [-0.2, 0) is 4.74 Å². The molecule has 2 heteroatoms. The topological polar surface area (TPSA) is 12.5 Å². The highest BCUT2D eigenvalue weighted by Gasteiger charge is 2.26. The number of unbranched alkanes of at least 4 members (excludes halogenated alkanes) is 2. The van der Waals surface area contributed by atoms with Crippen LogP contribution in [0.5, 0.6) is 0 Å². The van der Waals surface area contributed by atoms with Crippen molar-refractivity contribution in [3.8, 4) is 0 Å². The van der Waals surface area contributed by atoms with Crippen LogP contribution in [0.4, 0.5) is 0 Å². The van der Waals surface area contributed by atoms with Crippen molar-refractivity contribution in [3.63, 3.8) is 0 Å². The Kier molecular flexibility index (Phi) is 7.03. The highest BCUT2D eigenvalue weighted by Crippen LogP contribution is 2.26. The lowest BCUT2D eigenvalue weighted by Gasteiger charge is -2.19. The number of hydrogen-bond acceptors (Lipinski definition) is 2. The van der Waals surface area contributed by atoms with Crippen LogP contribution in [0.3, 0.4) is 0 Å². The molecule has 0 aromatic heterocycles. The van der Waals surface area contributed by atoms with Crippen LogP contribution in [0.25, 0.3) is 0 Å². The Bertz CT molecular complexity index is 145. The molecule has 1 aliphatic carbocycles. The van der Waals surface area contributed by atoms with Crippen LogP contribution in [-0.4, -0.2) is 37.2 Å². The number of nitrogens with zero attached hydrogens (tertiary/aromatic N) is 1. The number of hydrogen-bond donors (Lipinski definition) is 0. The molecule has 0 aliphatic heterocycles. The third-order valence-electron chi connectivity index (χ3n) is 3.10. The van der Waals surface area contributed by atoms with Gasteiger partial charge in [0.25, 0.3) is 0 Å². The van der Waals surface area contributed by atoms with Gasteiger partial charge in [-0.1, -0.05) is 26.7 Å². The van der Waals surface area contributed by atoms with Gasteiger partial charge in [-0.2, -0.15) is 0 Å². The Morgan fingerprint density at radius 3 is 2.40 bits per heavy atom. The van der Waals surface area contributed by atoms with Crippen LogP contribution in [0, 0.1) is 0 Å². The van der Waals surface area contributed by atoms with Crippen molar-refractivity contribution in [3.05, 3.63) is 0 Å². The van der Waals surface area contributed by atoms with E-state index in [4.69, 9.17) is 4.74 Å².